The van der Waals surface area contributed by atoms with E-state index < -0.39 is 26.1 Å². The highest BCUT2D eigenvalue weighted by atomic mass is 32.2. The summed E-state index contributed by atoms with van der Waals surface area (Å²) in [6, 6.07) is 10.8. The average Bonchev–Trinajstić information content (AvgIpc) is 2.64. The Kier molecular flexibility index (Phi) is 7.03. The summed E-state index contributed by atoms with van der Waals surface area (Å²) in [5.74, 6) is 0. The number of nitrogens with zero attached hydrogens (tertiary/aromatic N) is 1. The van der Waals surface area contributed by atoms with Crippen molar-refractivity contribution in [3.05, 3.63) is 59.2 Å². The number of nitrogens with one attached hydrogen (secondary N) is 1. The van der Waals surface area contributed by atoms with Crippen LogP contribution >= 0.6 is 0 Å². The first-order valence-corrected chi connectivity index (χ1v) is 12.1. The first-order chi connectivity index (χ1) is 13.0. The van der Waals surface area contributed by atoms with E-state index >= 15 is 0 Å². The topological polar surface area (TPSA) is 83.6 Å². The first kappa shape index (κ1) is 22.5. The first-order valence-electron chi connectivity index (χ1n) is 9.22. The van der Waals surface area contributed by atoms with Gasteiger partial charge < -0.3 is 0 Å². The molecule has 154 valence electrons. The summed E-state index contributed by atoms with van der Waals surface area (Å²) in [7, 11) is -7.22. The van der Waals surface area contributed by atoms with Gasteiger partial charge in [0.05, 0.1) is 9.79 Å². The molecule has 0 saturated carbocycles. The fraction of sp³-hybridized carbons (Fsp3) is 0.400. The smallest absolute Gasteiger partial charge is 0.207 e. The minimum absolute atomic E-state index is 0.198. The predicted molar refractivity (Wildman–Crippen MR) is 111 cm³/mol. The average molecular weight is 425 g/mol. The molecule has 2 rings (SSSR count). The van der Waals surface area contributed by atoms with Crippen molar-refractivity contribution in [2.45, 2.75) is 50.5 Å². The van der Waals surface area contributed by atoms with Crippen molar-refractivity contribution < 1.29 is 16.8 Å². The maximum absolute atomic E-state index is 12.7. The Labute approximate surface area is 168 Å². The molecule has 2 aromatic rings. The van der Waals surface area contributed by atoms with Gasteiger partial charge in [0.15, 0.2) is 0 Å². The Morgan fingerprint density at radius 1 is 0.857 bits per heavy atom. The molecule has 6 nitrogen and oxygen atoms in total. The Bertz CT molecular complexity index is 1030. The number of sulfonamides is 2. The van der Waals surface area contributed by atoms with E-state index in [9.17, 15) is 16.8 Å². The highest BCUT2D eigenvalue weighted by Crippen LogP contribution is 2.22. The number of benzene rings is 2. The van der Waals surface area contributed by atoms with Crippen LogP contribution in [0.3, 0.4) is 0 Å². The molecule has 0 aliphatic rings. The lowest BCUT2D eigenvalue weighted by atomic mass is 10.1. The lowest BCUT2D eigenvalue weighted by molar-refractivity contribution is 0.445. The monoisotopic (exact) mass is 424 g/mol. The van der Waals surface area contributed by atoms with Gasteiger partial charge in [0.25, 0.3) is 0 Å². The van der Waals surface area contributed by atoms with Crippen LogP contribution in [0.25, 0.3) is 0 Å². The quantitative estimate of drug-likeness (QED) is 0.704. The van der Waals surface area contributed by atoms with Gasteiger partial charge in [0.2, 0.25) is 20.0 Å². The standard InChI is InChI=1S/C20H28N2O4S2/c1-6-22(7-2)28(25,26)19-12-9-18(10-13-19)17(5)21-27(23,24)20-11-8-15(3)16(4)14-20/h8-14,17,21H,6-7H2,1-5H3/t17-/m1/s1. The van der Waals surface area contributed by atoms with E-state index in [4.69, 9.17) is 0 Å². The third-order valence-corrected chi connectivity index (χ3v) is 8.45. The van der Waals surface area contributed by atoms with E-state index in [0.717, 1.165) is 11.1 Å². The third-order valence-electron chi connectivity index (χ3n) is 4.84. The fourth-order valence-electron chi connectivity index (χ4n) is 2.89. The molecule has 0 bridgehead atoms. The van der Waals surface area contributed by atoms with Crippen LogP contribution in [0.15, 0.2) is 52.3 Å². The van der Waals surface area contributed by atoms with Crippen LogP contribution in [0.1, 0.15) is 43.5 Å². The molecule has 0 amide bonds. The number of rotatable bonds is 8. The van der Waals surface area contributed by atoms with Crippen molar-refractivity contribution in [3.63, 3.8) is 0 Å². The van der Waals surface area contributed by atoms with E-state index in [-0.39, 0.29) is 9.79 Å². The zero-order valence-corrected chi connectivity index (χ0v) is 18.6. The van der Waals surface area contributed by atoms with Crippen LogP contribution in [0.2, 0.25) is 0 Å². The molecular formula is C20H28N2O4S2. The predicted octanol–water partition coefficient (Wildman–Crippen LogP) is 3.37. The largest absolute Gasteiger partial charge is 0.243 e. The van der Waals surface area contributed by atoms with Crippen molar-refractivity contribution in [1.82, 2.24) is 9.03 Å². The SMILES string of the molecule is CCN(CC)S(=O)(=O)c1ccc([C@@H](C)NS(=O)(=O)c2ccc(C)c(C)c2)cc1. The molecule has 1 N–H and O–H groups in total. The van der Waals surface area contributed by atoms with Gasteiger partial charge in [-0.2, -0.15) is 4.31 Å². The van der Waals surface area contributed by atoms with Gasteiger partial charge in [0, 0.05) is 19.1 Å². The summed E-state index contributed by atoms with van der Waals surface area (Å²) in [4.78, 5) is 0.410. The fourth-order valence-corrected chi connectivity index (χ4v) is 5.67. The van der Waals surface area contributed by atoms with E-state index in [2.05, 4.69) is 4.72 Å². The number of hydrogen-bond donors (Lipinski definition) is 1. The zero-order valence-electron chi connectivity index (χ0n) is 16.9. The molecule has 0 spiro atoms. The molecule has 0 unspecified atom stereocenters. The Morgan fingerprint density at radius 3 is 1.89 bits per heavy atom. The van der Waals surface area contributed by atoms with Gasteiger partial charge in [-0.3, -0.25) is 0 Å². The molecule has 0 saturated heterocycles. The second-order valence-corrected chi connectivity index (χ2v) is 10.4. The van der Waals surface area contributed by atoms with Crippen LogP contribution in [0.5, 0.6) is 0 Å². The summed E-state index contributed by atoms with van der Waals surface area (Å²) in [6.07, 6.45) is 0. The van der Waals surface area contributed by atoms with Gasteiger partial charge in [-0.1, -0.05) is 32.0 Å². The second kappa shape index (κ2) is 8.73. The summed E-state index contributed by atoms with van der Waals surface area (Å²) in [6.45, 7) is 9.90. The molecule has 0 aliphatic heterocycles. The Balaban J connectivity index is 2.23. The van der Waals surface area contributed by atoms with E-state index in [1.807, 2.05) is 13.8 Å². The summed E-state index contributed by atoms with van der Waals surface area (Å²) < 4.78 is 54.5. The molecule has 28 heavy (non-hydrogen) atoms. The van der Waals surface area contributed by atoms with Gasteiger partial charge in [-0.15, -0.1) is 0 Å². The summed E-state index contributed by atoms with van der Waals surface area (Å²) in [5.41, 5.74) is 2.62. The second-order valence-electron chi connectivity index (χ2n) is 6.75. The van der Waals surface area contributed by atoms with Gasteiger partial charge >= 0.3 is 0 Å². The molecule has 0 fully saturated rings. The van der Waals surface area contributed by atoms with Crippen LogP contribution in [-0.2, 0) is 20.0 Å². The van der Waals surface area contributed by atoms with Crippen LogP contribution in [-0.4, -0.2) is 34.2 Å². The zero-order chi connectivity index (χ0) is 21.1. The number of hydrogen-bond acceptors (Lipinski definition) is 4. The molecule has 8 heteroatoms. The lowest BCUT2D eigenvalue weighted by Crippen LogP contribution is -2.30. The molecule has 0 aromatic heterocycles. The summed E-state index contributed by atoms with van der Waals surface area (Å²) >= 11 is 0. The Hall–Kier alpha value is -1.74. The molecule has 1 atom stereocenters. The minimum atomic E-state index is -3.68. The Morgan fingerprint density at radius 2 is 1.39 bits per heavy atom. The van der Waals surface area contributed by atoms with Crippen molar-refractivity contribution in [1.29, 1.82) is 0 Å². The van der Waals surface area contributed by atoms with Gasteiger partial charge in [0.1, 0.15) is 0 Å². The van der Waals surface area contributed by atoms with Crippen molar-refractivity contribution in [2.75, 3.05) is 13.1 Å². The lowest BCUT2D eigenvalue weighted by Gasteiger charge is -2.19. The van der Waals surface area contributed by atoms with Crippen LogP contribution in [0.4, 0.5) is 0 Å². The molecular weight excluding hydrogens is 396 g/mol. The van der Waals surface area contributed by atoms with E-state index in [0.29, 0.717) is 18.7 Å². The molecule has 2 aromatic carbocycles. The van der Waals surface area contributed by atoms with Gasteiger partial charge in [-0.05, 0) is 61.7 Å². The third kappa shape index (κ3) is 4.81. The van der Waals surface area contributed by atoms with Crippen LogP contribution in [0, 0.1) is 13.8 Å². The van der Waals surface area contributed by atoms with Crippen molar-refractivity contribution in [2.24, 2.45) is 0 Å². The number of aryl methyl sites for hydroxylation is 2. The van der Waals surface area contributed by atoms with Crippen molar-refractivity contribution in [3.8, 4) is 0 Å². The molecule has 0 aliphatic carbocycles. The van der Waals surface area contributed by atoms with Crippen molar-refractivity contribution >= 4 is 20.0 Å². The van der Waals surface area contributed by atoms with E-state index in [1.54, 1.807) is 51.1 Å². The normalized spacial score (nSPS) is 13.6. The molecule has 0 heterocycles. The maximum Gasteiger partial charge on any atom is 0.243 e. The van der Waals surface area contributed by atoms with Crippen LogP contribution < -0.4 is 4.72 Å². The highest BCUT2D eigenvalue weighted by Gasteiger charge is 2.23. The van der Waals surface area contributed by atoms with E-state index in [1.165, 1.54) is 16.4 Å². The maximum atomic E-state index is 12.7. The highest BCUT2D eigenvalue weighted by molar-refractivity contribution is 7.89. The minimum Gasteiger partial charge on any atom is -0.207 e. The van der Waals surface area contributed by atoms with Gasteiger partial charge in [-0.25, -0.2) is 21.6 Å². The summed E-state index contributed by atoms with van der Waals surface area (Å²) in [5, 5.41) is 0. The molecule has 0 radical (unpaired) electrons.